The van der Waals surface area contributed by atoms with E-state index in [1.54, 1.807) is 7.11 Å². The molecule has 1 N–H and O–H groups in total. The zero-order valence-corrected chi connectivity index (χ0v) is 13.9. The van der Waals surface area contributed by atoms with Crippen LogP contribution in [0, 0.1) is 5.92 Å². The number of benzene rings is 1. The highest BCUT2D eigenvalue weighted by atomic mass is 16.5. The lowest BCUT2D eigenvalue weighted by atomic mass is 9.96. The van der Waals surface area contributed by atoms with Crippen LogP contribution >= 0.6 is 0 Å². The number of nitrogens with zero attached hydrogens (tertiary/aromatic N) is 2. The van der Waals surface area contributed by atoms with Crippen molar-refractivity contribution in [3.63, 3.8) is 0 Å². The lowest BCUT2D eigenvalue weighted by molar-refractivity contribution is 0.181. The summed E-state index contributed by atoms with van der Waals surface area (Å²) in [5.74, 6) is 1.66. The Morgan fingerprint density at radius 1 is 1.39 bits per heavy atom. The molecule has 1 aliphatic heterocycles. The molecule has 0 spiro atoms. The molecule has 0 bridgehead atoms. The second-order valence-electron chi connectivity index (χ2n) is 6.33. The molecule has 0 saturated carbocycles. The molecule has 1 aromatic heterocycles. The molecule has 1 aliphatic rings. The van der Waals surface area contributed by atoms with Crippen LogP contribution in [0.1, 0.15) is 23.4 Å². The molecule has 23 heavy (non-hydrogen) atoms. The largest absolute Gasteiger partial charge is 0.493 e. The van der Waals surface area contributed by atoms with Gasteiger partial charge in [-0.15, -0.1) is 0 Å². The summed E-state index contributed by atoms with van der Waals surface area (Å²) in [5, 5.41) is 7.37. The average Bonchev–Trinajstić information content (AvgIpc) is 2.86. The number of para-hydroxylation sites is 1. The Morgan fingerprint density at radius 2 is 2.26 bits per heavy atom. The summed E-state index contributed by atoms with van der Waals surface area (Å²) in [7, 11) is 3.85. The third-order valence-electron chi connectivity index (χ3n) is 4.25. The summed E-state index contributed by atoms with van der Waals surface area (Å²) in [6.45, 7) is 3.27. The zero-order valence-electron chi connectivity index (χ0n) is 13.9. The number of methoxy groups -OCH3 is 1. The van der Waals surface area contributed by atoms with Crippen LogP contribution in [0.15, 0.2) is 30.3 Å². The third kappa shape index (κ3) is 4.33. The molecule has 0 radical (unpaired) electrons. The van der Waals surface area contributed by atoms with Gasteiger partial charge in [0.15, 0.2) is 0 Å². The summed E-state index contributed by atoms with van der Waals surface area (Å²) in [6, 6.07) is 10.5. The van der Waals surface area contributed by atoms with E-state index < -0.39 is 0 Å². The van der Waals surface area contributed by atoms with Crippen molar-refractivity contribution in [3.8, 4) is 5.75 Å². The van der Waals surface area contributed by atoms with Crippen LogP contribution in [0.25, 0.3) is 0 Å². The van der Waals surface area contributed by atoms with E-state index in [1.807, 2.05) is 6.07 Å². The van der Waals surface area contributed by atoms with E-state index in [0.717, 1.165) is 49.7 Å². The number of H-pyrrole nitrogens is 1. The number of ether oxygens (including phenoxy) is 2. The van der Waals surface area contributed by atoms with Crippen molar-refractivity contribution in [2.24, 2.45) is 5.92 Å². The molecule has 0 fully saturated rings. The van der Waals surface area contributed by atoms with Crippen molar-refractivity contribution >= 4 is 0 Å². The maximum atomic E-state index is 5.86. The quantitative estimate of drug-likeness (QED) is 0.890. The van der Waals surface area contributed by atoms with Gasteiger partial charge in [-0.2, -0.15) is 5.10 Å². The van der Waals surface area contributed by atoms with Crippen LogP contribution in [0.5, 0.6) is 5.75 Å². The maximum absolute atomic E-state index is 5.86. The van der Waals surface area contributed by atoms with Crippen LogP contribution in [-0.4, -0.2) is 42.4 Å². The molecule has 0 aliphatic carbocycles. The fourth-order valence-corrected chi connectivity index (χ4v) is 3.22. The van der Waals surface area contributed by atoms with E-state index in [4.69, 9.17) is 9.47 Å². The fourth-order valence-electron chi connectivity index (χ4n) is 3.22. The summed E-state index contributed by atoms with van der Waals surface area (Å²) >= 11 is 0. The lowest BCUT2D eigenvalue weighted by Crippen LogP contribution is -2.27. The lowest BCUT2D eigenvalue weighted by Gasteiger charge is -2.21. The highest BCUT2D eigenvalue weighted by Gasteiger charge is 2.19. The molecular formula is C18H25N3O2. The number of aromatic amines is 1. The highest BCUT2D eigenvalue weighted by molar-refractivity contribution is 5.34. The molecule has 0 amide bonds. The van der Waals surface area contributed by atoms with Crippen molar-refractivity contribution in [1.82, 2.24) is 15.1 Å². The van der Waals surface area contributed by atoms with E-state index in [0.29, 0.717) is 12.5 Å². The van der Waals surface area contributed by atoms with E-state index >= 15 is 0 Å². The van der Waals surface area contributed by atoms with Crippen molar-refractivity contribution in [3.05, 3.63) is 47.3 Å². The molecule has 2 aromatic rings. The van der Waals surface area contributed by atoms with Gasteiger partial charge in [0.05, 0.1) is 24.6 Å². The Balaban J connectivity index is 1.56. The van der Waals surface area contributed by atoms with Gasteiger partial charge in [0.25, 0.3) is 0 Å². The summed E-state index contributed by atoms with van der Waals surface area (Å²) in [5.41, 5.74) is 3.41. The topological polar surface area (TPSA) is 50.4 Å². The normalized spacial score (nSPS) is 17.6. The second-order valence-corrected chi connectivity index (χ2v) is 6.33. The van der Waals surface area contributed by atoms with Gasteiger partial charge in [0.1, 0.15) is 5.75 Å². The van der Waals surface area contributed by atoms with E-state index in [2.05, 4.69) is 46.4 Å². The maximum Gasteiger partial charge on any atom is 0.122 e. The van der Waals surface area contributed by atoms with E-state index in [1.165, 1.54) is 5.56 Å². The van der Waals surface area contributed by atoms with Gasteiger partial charge in [-0.3, -0.25) is 5.10 Å². The fraction of sp³-hybridized carbons (Fsp3) is 0.500. The number of aromatic nitrogens is 2. The van der Waals surface area contributed by atoms with Crippen LogP contribution in [0.2, 0.25) is 0 Å². The second kappa shape index (κ2) is 7.62. The van der Waals surface area contributed by atoms with Crippen molar-refractivity contribution in [1.29, 1.82) is 0 Å². The van der Waals surface area contributed by atoms with Crippen molar-refractivity contribution < 1.29 is 9.47 Å². The molecule has 2 heterocycles. The van der Waals surface area contributed by atoms with Gasteiger partial charge in [-0.05, 0) is 43.5 Å². The first-order valence-electron chi connectivity index (χ1n) is 8.16. The first-order valence-corrected chi connectivity index (χ1v) is 8.16. The van der Waals surface area contributed by atoms with Gasteiger partial charge < -0.3 is 14.4 Å². The molecule has 5 nitrogen and oxygen atoms in total. The number of hydrogen-bond donors (Lipinski definition) is 1. The predicted molar refractivity (Wildman–Crippen MR) is 89.4 cm³/mol. The molecule has 3 rings (SSSR count). The van der Waals surface area contributed by atoms with Gasteiger partial charge in [0.2, 0.25) is 0 Å². The molecule has 1 atom stereocenters. The summed E-state index contributed by atoms with van der Waals surface area (Å²) in [4.78, 5) is 2.34. The van der Waals surface area contributed by atoms with Crippen molar-refractivity contribution in [2.75, 3.05) is 27.3 Å². The number of nitrogens with one attached hydrogen (secondary N) is 1. The smallest absolute Gasteiger partial charge is 0.122 e. The number of rotatable bonds is 6. The minimum absolute atomic E-state index is 0.577. The molecule has 1 unspecified atom stereocenters. The Morgan fingerprint density at radius 3 is 3.13 bits per heavy atom. The van der Waals surface area contributed by atoms with Crippen LogP contribution in [0.3, 0.4) is 0 Å². The molecule has 5 heteroatoms. The number of hydrogen-bond acceptors (Lipinski definition) is 4. The Kier molecular flexibility index (Phi) is 5.31. The number of fused-ring (bicyclic) bond motifs is 1. The average molecular weight is 315 g/mol. The summed E-state index contributed by atoms with van der Waals surface area (Å²) in [6.07, 6.45) is 2.17. The van der Waals surface area contributed by atoms with E-state index in [-0.39, 0.29) is 0 Å². The monoisotopic (exact) mass is 315 g/mol. The Bertz CT molecular complexity index is 626. The first kappa shape index (κ1) is 16.0. The third-order valence-corrected chi connectivity index (χ3v) is 4.25. The zero-order chi connectivity index (χ0) is 16.1. The van der Waals surface area contributed by atoms with Gasteiger partial charge in [-0.1, -0.05) is 18.2 Å². The predicted octanol–water partition coefficient (Wildman–Crippen LogP) is 2.63. The van der Waals surface area contributed by atoms with Crippen LogP contribution in [-0.2, 0) is 24.3 Å². The molecule has 124 valence electrons. The molecule has 1 aromatic carbocycles. The molecule has 0 saturated heterocycles. The van der Waals surface area contributed by atoms with E-state index in [9.17, 15) is 0 Å². The van der Waals surface area contributed by atoms with Gasteiger partial charge in [0, 0.05) is 20.2 Å². The van der Waals surface area contributed by atoms with Crippen molar-refractivity contribution in [2.45, 2.75) is 26.0 Å². The Labute approximate surface area is 137 Å². The highest BCUT2D eigenvalue weighted by Crippen LogP contribution is 2.27. The van der Waals surface area contributed by atoms with Gasteiger partial charge >= 0.3 is 0 Å². The summed E-state index contributed by atoms with van der Waals surface area (Å²) < 4.78 is 11.0. The molecular weight excluding hydrogens is 290 g/mol. The minimum Gasteiger partial charge on any atom is -0.493 e. The Hall–Kier alpha value is -1.85. The standard InChI is InChI=1S/C18H25N3O2/c1-21(12-16-10-17(13-22-2)20-19-16)11-14-7-8-23-18-6-4-3-5-15(18)9-14/h3-6,10,14H,7-9,11-13H2,1-2H3,(H,19,20). The first-order chi connectivity index (χ1) is 11.2. The minimum atomic E-state index is 0.577. The van der Waals surface area contributed by atoms with Gasteiger partial charge in [-0.25, -0.2) is 0 Å². The van der Waals surface area contributed by atoms with Crippen LogP contribution < -0.4 is 4.74 Å². The SMILES string of the molecule is COCc1cc(CN(C)CC2CCOc3ccccc3C2)n[nH]1. The van der Waals surface area contributed by atoms with Crippen LogP contribution in [0.4, 0.5) is 0 Å².